The summed E-state index contributed by atoms with van der Waals surface area (Å²) in [5, 5.41) is 3.45. The van der Waals surface area contributed by atoms with E-state index in [9.17, 15) is 4.79 Å². The molecule has 1 saturated heterocycles. The quantitative estimate of drug-likeness (QED) is 0.874. The van der Waals surface area contributed by atoms with Crippen LogP contribution in [0.25, 0.3) is 11.1 Å². The molecule has 0 bridgehead atoms. The Kier molecular flexibility index (Phi) is 4.02. The lowest BCUT2D eigenvalue weighted by atomic mass is 9.87. The highest BCUT2D eigenvalue weighted by Crippen LogP contribution is 2.29. The highest BCUT2D eigenvalue weighted by molar-refractivity contribution is 5.85. The molecule has 2 atom stereocenters. The number of aromatic nitrogens is 1. The molecule has 104 valence electrons. The van der Waals surface area contributed by atoms with Crippen molar-refractivity contribution < 1.29 is 4.42 Å². The maximum atomic E-state index is 11.5. The Labute approximate surface area is 118 Å². The van der Waals surface area contributed by atoms with Crippen molar-refractivity contribution in [2.75, 3.05) is 6.54 Å². The van der Waals surface area contributed by atoms with Crippen molar-refractivity contribution in [2.24, 2.45) is 7.05 Å². The van der Waals surface area contributed by atoms with Gasteiger partial charge in [-0.3, -0.25) is 4.57 Å². The first-order valence-electron chi connectivity index (χ1n) is 6.48. The number of nitrogens with one attached hydrogen (secondary N) is 1. The van der Waals surface area contributed by atoms with E-state index < -0.39 is 0 Å². The molecule has 1 aliphatic heterocycles. The van der Waals surface area contributed by atoms with Crippen LogP contribution in [0, 0.1) is 0 Å². The van der Waals surface area contributed by atoms with Gasteiger partial charge in [0.1, 0.15) is 0 Å². The zero-order chi connectivity index (χ0) is 12.7. The largest absolute Gasteiger partial charge is 0.419 e. The van der Waals surface area contributed by atoms with E-state index in [1.165, 1.54) is 5.56 Å². The Hall–Kier alpha value is -1.26. The van der Waals surface area contributed by atoms with Crippen LogP contribution in [0.2, 0.25) is 0 Å². The molecular formula is C14H19ClN2O2. The van der Waals surface area contributed by atoms with Crippen LogP contribution < -0.4 is 11.1 Å². The molecule has 0 aliphatic carbocycles. The number of aryl methyl sites for hydroxylation is 1. The van der Waals surface area contributed by atoms with Crippen molar-refractivity contribution in [2.45, 2.75) is 31.7 Å². The van der Waals surface area contributed by atoms with Gasteiger partial charge in [0.2, 0.25) is 0 Å². The van der Waals surface area contributed by atoms with Crippen LogP contribution in [0.1, 0.15) is 31.2 Å². The first-order valence-corrected chi connectivity index (χ1v) is 6.48. The number of hydrogen-bond acceptors (Lipinski definition) is 3. The second-order valence-electron chi connectivity index (χ2n) is 5.23. The van der Waals surface area contributed by atoms with Crippen LogP contribution in [0.4, 0.5) is 0 Å². The molecule has 4 nitrogen and oxygen atoms in total. The molecule has 1 unspecified atom stereocenters. The van der Waals surface area contributed by atoms with Crippen LogP contribution in [0.3, 0.4) is 0 Å². The fourth-order valence-electron chi connectivity index (χ4n) is 2.84. The van der Waals surface area contributed by atoms with Crippen molar-refractivity contribution in [3.05, 3.63) is 34.3 Å². The smallest absolute Gasteiger partial charge is 0.408 e. The minimum Gasteiger partial charge on any atom is -0.408 e. The lowest BCUT2D eigenvalue weighted by molar-refractivity contribution is 0.381. The van der Waals surface area contributed by atoms with Crippen molar-refractivity contribution >= 4 is 23.5 Å². The van der Waals surface area contributed by atoms with Gasteiger partial charge >= 0.3 is 5.76 Å². The van der Waals surface area contributed by atoms with Gasteiger partial charge in [-0.2, -0.15) is 0 Å². The first-order chi connectivity index (χ1) is 8.65. The lowest BCUT2D eigenvalue weighted by Gasteiger charge is -2.28. The molecule has 1 N–H and O–H groups in total. The van der Waals surface area contributed by atoms with Gasteiger partial charge in [0.05, 0.1) is 5.52 Å². The predicted molar refractivity (Wildman–Crippen MR) is 78.1 cm³/mol. The van der Waals surface area contributed by atoms with E-state index >= 15 is 0 Å². The maximum Gasteiger partial charge on any atom is 0.419 e. The van der Waals surface area contributed by atoms with Crippen molar-refractivity contribution in [3.63, 3.8) is 0 Å². The molecule has 0 spiro atoms. The molecule has 1 fully saturated rings. The number of fused-ring (bicyclic) bond motifs is 1. The second kappa shape index (κ2) is 5.39. The summed E-state index contributed by atoms with van der Waals surface area (Å²) < 4.78 is 6.79. The molecule has 5 heteroatoms. The van der Waals surface area contributed by atoms with Crippen molar-refractivity contribution in [1.29, 1.82) is 0 Å². The minimum absolute atomic E-state index is 0. The SMILES string of the molecule is C[C@H]1CC(c2ccc3c(c2)oc(=O)n3C)CCN1.Cl. The van der Waals surface area contributed by atoms with E-state index in [0.29, 0.717) is 17.5 Å². The third kappa shape index (κ3) is 2.55. The third-order valence-corrected chi connectivity index (χ3v) is 3.91. The van der Waals surface area contributed by atoms with Crippen molar-refractivity contribution in [3.8, 4) is 0 Å². The van der Waals surface area contributed by atoms with Gasteiger partial charge in [-0.15, -0.1) is 12.4 Å². The minimum atomic E-state index is -0.291. The molecule has 3 rings (SSSR count). The van der Waals surface area contributed by atoms with Crippen molar-refractivity contribution in [1.82, 2.24) is 9.88 Å². The summed E-state index contributed by atoms with van der Waals surface area (Å²) in [4.78, 5) is 11.5. The molecular weight excluding hydrogens is 264 g/mol. The Balaban J connectivity index is 0.00000133. The summed E-state index contributed by atoms with van der Waals surface area (Å²) in [5.74, 6) is 0.275. The van der Waals surface area contributed by atoms with E-state index in [1.807, 2.05) is 12.1 Å². The number of piperidine rings is 1. The summed E-state index contributed by atoms with van der Waals surface area (Å²) in [5.41, 5.74) is 2.85. The Morgan fingerprint density at radius 3 is 2.95 bits per heavy atom. The van der Waals surface area contributed by atoms with E-state index in [0.717, 1.165) is 24.9 Å². The number of oxazole rings is 1. The van der Waals surface area contributed by atoms with Crippen LogP contribution in [-0.2, 0) is 7.05 Å². The third-order valence-electron chi connectivity index (χ3n) is 3.91. The van der Waals surface area contributed by atoms with Crippen LogP contribution in [-0.4, -0.2) is 17.2 Å². The molecule has 19 heavy (non-hydrogen) atoms. The maximum absolute atomic E-state index is 11.5. The van der Waals surface area contributed by atoms with E-state index in [-0.39, 0.29) is 18.2 Å². The fourth-order valence-corrected chi connectivity index (χ4v) is 2.84. The molecule has 0 saturated carbocycles. The Morgan fingerprint density at radius 2 is 2.21 bits per heavy atom. The zero-order valence-corrected chi connectivity index (χ0v) is 12.0. The first kappa shape index (κ1) is 14.2. The lowest BCUT2D eigenvalue weighted by Crippen LogP contribution is -2.34. The standard InChI is InChI=1S/C14H18N2O2.ClH/c1-9-7-11(5-6-15-9)10-3-4-12-13(8-10)18-14(17)16(12)2;/h3-4,8-9,11,15H,5-7H2,1-2H3;1H/t9-,11?;/m0./s1. The monoisotopic (exact) mass is 282 g/mol. The summed E-state index contributed by atoms with van der Waals surface area (Å²) in [6, 6.07) is 6.70. The van der Waals surface area contributed by atoms with Gasteiger partial charge in [0, 0.05) is 13.1 Å². The fraction of sp³-hybridized carbons (Fsp3) is 0.500. The Bertz CT molecular complexity index is 632. The number of rotatable bonds is 1. The topological polar surface area (TPSA) is 47.2 Å². The molecule has 0 radical (unpaired) electrons. The number of nitrogens with zero attached hydrogens (tertiary/aromatic N) is 1. The molecule has 1 aromatic carbocycles. The second-order valence-corrected chi connectivity index (χ2v) is 5.23. The number of benzene rings is 1. The molecule has 1 aliphatic rings. The van der Waals surface area contributed by atoms with Gasteiger partial charge in [-0.1, -0.05) is 6.07 Å². The highest BCUT2D eigenvalue weighted by Gasteiger charge is 2.20. The average Bonchev–Trinajstić information content (AvgIpc) is 2.65. The van der Waals surface area contributed by atoms with E-state index in [1.54, 1.807) is 11.6 Å². The number of halogens is 1. The van der Waals surface area contributed by atoms with Gasteiger partial charge in [0.25, 0.3) is 0 Å². The van der Waals surface area contributed by atoms with E-state index in [4.69, 9.17) is 4.42 Å². The van der Waals surface area contributed by atoms with Crippen LogP contribution in [0.15, 0.2) is 27.4 Å². The summed E-state index contributed by atoms with van der Waals surface area (Å²) in [6.07, 6.45) is 2.29. The Morgan fingerprint density at radius 1 is 1.42 bits per heavy atom. The summed E-state index contributed by atoms with van der Waals surface area (Å²) >= 11 is 0. The summed E-state index contributed by atoms with van der Waals surface area (Å²) in [6.45, 7) is 3.27. The van der Waals surface area contributed by atoms with Crippen LogP contribution >= 0.6 is 12.4 Å². The predicted octanol–water partition coefficient (Wildman–Crippen LogP) is 2.41. The van der Waals surface area contributed by atoms with Gasteiger partial charge < -0.3 is 9.73 Å². The van der Waals surface area contributed by atoms with E-state index in [2.05, 4.69) is 18.3 Å². The molecule has 1 aromatic heterocycles. The van der Waals surface area contributed by atoms with Crippen LogP contribution in [0.5, 0.6) is 0 Å². The van der Waals surface area contributed by atoms with Gasteiger partial charge in [-0.05, 0) is 49.9 Å². The summed E-state index contributed by atoms with van der Waals surface area (Å²) in [7, 11) is 1.74. The number of hydrogen-bond donors (Lipinski definition) is 1. The highest BCUT2D eigenvalue weighted by atomic mass is 35.5. The molecule has 0 amide bonds. The molecule has 2 aromatic rings. The average molecular weight is 283 g/mol. The molecule has 2 heterocycles. The van der Waals surface area contributed by atoms with Gasteiger partial charge in [-0.25, -0.2) is 4.79 Å². The zero-order valence-electron chi connectivity index (χ0n) is 11.2. The normalized spacial score (nSPS) is 23.3. The van der Waals surface area contributed by atoms with Gasteiger partial charge in [0.15, 0.2) is 5.58 Å².